The topological polar surface area (TPSA) is 110 Å². The molecule has 0 bridgehead atoms. The van der Waals surface area contributed by atoms with E-state index in [0.717, 1.165) is 5.56 Å². The smallest absolute Gasteiger partial charge is 0.361 e. The van der Waals surface area contributed by atoms with Crippen LogP contribution in [0.2, 0.25) is 0 Å². The highest BCUT2D eigenvalue weighted by Gasteiger charge is 2.27. The summed E-state index contributed by atoms with van der Waals surface area (Å²) in [5.74, 6) is -1.50. The quantitative estimate of drug-likeness (QED) is 0.396. The van der Waals surface area contributed by atoms with Gasteiger partial charge >= 0.3 is 11.9 Å². The number of fused-ring (bicyclic) bond motifs is 1. The van der Waals surface area contributed by atoms with Crippen LogP contribution < -0.4 is 4.74 Å². The number of hydrogen-bond acceptors (Lipinski definition) is 6. The SMILES string of the molecule is CCOC(=O)c1c(OC)nc2c(C)ccc(C(O)c3ccc(-c4ccccc4C(=O)O)cc3)n12. The molecule has 0 amide bonds. The van der Waals surface area contributed by atoms with Gasteiger partial charge in [-0.3, -0.25) is 4.40 Å². The summed E-state index contributed by atoms with van der Waals surface area (Å²) in [5.41, 5.74) is 3.83. The number of pyridine rings is 1. The maximum atomic E-state index is 12.7. The molecule has 0 radical (unpaired) electrons. The first kappa shape index (κ1) is 23.0. The van der Waals surface area contributed by atoms with Gasteiger partial charge in [0.25, 0.3) is 0 Å². The molecule has 8 heteroatoms. The number of carboxylic acids is 1. The van der Waals surface area contributed by atoms with E-state index in [9.17, 15) is 19.8 Å². The Balaban J connectivity index is 1.80. The highest BCUT2D eigenvalue weighted by molar-refractivity contribution is 5.96. The average molecular weight is 460 g/mol. The van der Waals surface area contributed by atoms with E-state index in [1.54, 1.807) is 65.9 Å². The number of rotatable bonds is 7. The molecule has 1 atom stereocenters. The molecule has 0 saturated heterocycles. The number of aromatic nitrogens is 2. The fraction of sp³-hybridized carbons (Fsp3) is 0.192. The first-order valence-corrected chi connectivity index (χ1v) is 10.7. The van der Waals surface area contributed by atoms with Crippen molar-refractivity contribution in [2.24, 2.45) is 0 Å². The lowest BCUT2D eigenvalue weighted by molar-refractivity contribution is 0.0512. The van der Waals surface area contributed by atoms with Crippen LogP contribution in [0.15, 0.2) is 60.7 Å². The number of aliphatic hydroxyl groups is 1. The van der Waals surface area contributed by atoms with E-state index in [2.05, 4.69) is 4.98 Å². The van der Waals surface area contributed by atoms with Crippen LogP contribution in [0.4, 0.5) is 0 Å². The third kappa shape index (κ3) is 3.99. The largest absolute Gasteiger partial charge is 0.479 e. The Bertz CT molecular complexity index is 1370. The van der Waals surface area contributed by atoms with Gasteiger partial charge in [-0.2, -0.15) is 4.98 Å². The maximum absolute atomic E-state index is 12.7. The maximum Gasteiger partial charge on any atom is 0.361 e. The Morgan fingerprint density at radius 1 is 1.06 bits per heavy atom. The van der Waals surface area contributed by atoms with E-state index < -0.39 is 18.0 Å². The van der Waals surface area contributed by atoms with Gasteiger partial charge in [-0.05, 0) is 48.2 Å². The zero-order valence-corrected chi connectivity index (χ0v) is 19.0. The minimum Gasteiger partial charge on any atom is -0.479 e. The van der Waals surface area contributed by atoms with Crippen molar-refractivity contribution < 1.29 is 29.3 Å². The van der Waals surface area contributed by atoms with E-state index in [1.165, 1.54) is 7.11 Å². The Labute approximate surface area is 196 Å². The predicted molar refractivity (Wildman–Crippen MR) is 125 cm³/mol. The van der Waals surface area contributed by atoms with Gasteiger partial charge in [-0.1, -0.05) is 48.5 Å². The van der Waals surface area contributed by atoms with Crippen molar-refractivity contribution in [3.05, 3.63) is 88.7 Å². The van der Waals surface area contributed by atoms with E-state index in [4.69, 9.17) is 9.47 Å². The molecule has 1 unspecified atom stereocenters. The lowest BCUT2D eigenvalue weighted by Gasteiger charge is -2.17. The first-order valence-electron chi connectivity index (χ1n) is 10.7. The molecule has 174 valence electrons. The van der Waals surface area contributed by atoms with Crippen molar-refractivity contribution in [3.8, 4) is 17.0 Å². The number of methoxy groups -OCH3 is 1. The van der Waals surface area contributed by atoms with Crippen LogP contribution in [-0.4, -0.2) is 45.3 Å². The molecule has 0 fully saturated rings. The van der Waals surface area contributed by atoms with Crippen LogP contribution >= 0.6 is 0 Å². The monoisotopic (exact) mass is 460 g/mol. The number of imidazole rings is 1. The second-order valence-corrected chi connectivity index (χ2v) is 7.67. The number of carboxylic acid groups (broad SMARTS) is 1. The minimum absolute atomic E-state index is 0.101. The fourth-order valence-corrected chi connectivity index (χ4v) is 3.95. The Kier molecular flexibility index (Phi) is 6.34. The van der Waals surface area contributed by atoms with Gasteiger partial charge in [0.05, 0.1) is 25.0 Å². The van der Waals surface area contributed by atoms with Crippen LogP contribution in [0.1, 0.15) is 50.7 Å². The molecule has 8 nitrogen and oxygen atoms in total. The highest BCUT2D eigenvalue weighted by Crippen LogP contribution is 2.31. The van der Waals surface area contributed by atoms with Crippen LogP contribution in [-0.2, 0) is 4.74 Å². The summed E-state index contributed by atoms with van der Waals surface area (Å²) in [6.45, 7) is 3.73. The third-order valence-electron chi connectivity index (χ3n) is 5.60. The molecule has 0 spiro atoms. The van der Waals surface area contributed by atoms with Crippen molar-refractivity contribution in [3.63, 3.8) is 0 Å². The minimum atomic E-state index is -1.10. The summed E-state index contributed by atoms with van der Waals surface area (Å²) in [6.07, 6.45) is -1.10. The summed E-state index contributed by atoms with van der Waals surface area (Å²) in [6, 6.07) is 17.2. The molecule has 0 aliphatic heterocycles. The molecule has 2 aromatic carbocycles. The molecule has 4 rings (SSSR count). The molecule has 2 aromatic heterocycles. The lowest BCUT2D eigenvalue weighted by Crippen LogP contribution is -2.14. The normalized spacial score (nSPS) is 11.9. The van der Waals surface area contributed by atoms with Crippen LogP contribution in [0.3, 0.4) is 0 Å². The zero-order valence-electron chi connectivity index (χ0n) is 19.0. The molecular formula is C26H24N2O6. The fourth-order valence-electron chi connectivity index (χ4n) is 3.95. The van der Waals surface area contributed by atoms with Gasteiger partial charge < -0.3 is 19.7 Å². The van der Waals surface area contributed by atoms with Gasteiger partial charge in [-0.15, -0.1) is 0 Å². The van der Waals surface area contributed by atoms with Crippen molar-refractivity contribution >= 4 is 17.6 Å². The number of esters is 1. The van der Waals surface area contributed by atoms with Crippen molar-refractivity contribution in [1.29, 1.82) is 0 Å². The number of carbonyl (C=O) groups excluding carboxylic acids is 1. The number of aryl methyl sites for hydroxylation is 1. The Hall–Kier alpha value is -4.17. The van der Waals surface area contributed by atoms with Gasteiger partial charge in [0.2, 0.25) is 5.88 Å². The number of hydrogen-bond donors (Lipinski definition) is 2. The number of ether oxygens (including phenoxy) is 2. The molecular weight excluding hydrogens is 436 g/mol. The Morgan fingerprint density at radius 2 is 1.76 bits per heavy atom. The highest BCUT2D eigenvalue weighted by atomic mass is 16.5. The lowest BCUT2D eigenvalue weighted by atomic mass is 9.97. The van der Waals surface area contributed by atoms with Crippen LogP contribution in [0.5, 0.6) is 5.88 Å². The average Bonchev–Trinajstić information content (AvgIpc) is 3.25. The van der Waals surface area contributed by atoms with Gasteiger partial charge in [0.1, 0.15) is 11.8 Å². The summed E-state index contributed by atoms with van der Waals surface area (Å²) in [5, 5.41) is 20.7. The number of nitrogens with zero attached hydrogens (tertiary/aromatic N) is 2. The molecule has 0 aliphatic rings. The molecule has 34 heavy (non-hydrogen) atoms. The van der Waals surface area contributed by atoms with Gasteiger partial charge in [0.15, 0.2) is 5.69 Å². The summed E-state index contributed by atoms with van der Waals surface area (Å²) < 4.78 is 12.1. The molecule has 0 aliphatic carbocycles. The van der Waals surface area contributed by atoms with Gasteiger partial charge in [0, 0.05) is 0 Å². The molecule has 2 N–H and O–H groups in total. The molecule has 0 saturated carbocycles. The van der Waals surface area contributed by atoms with Crippen molar-refractivity contribution in [1.82, 2.24) is 9.38 Å². The third-order valence-corrected chi connectivity index (χ3v) is 5.60. The number of aliphatic hydroxyl groups excluding tert-OH is 1. The summed E-state index contributed by atoms with van der Waals surface area (Å²) in [7, 11) is 1.42. The van der Waals surface area contributed by atoms with Crippen LogP contribution in [0.25, 0.3) is 16.8 Å². The second-order valence-electron chi connectivity index (χ2n) is 7.67. The summed E-state index contributed by atoms with van der Waals surface area (Å²) >= 11 is 0. The summed E-state index contributed by atoms with van der Waals surface area (Å²) in [4.78, 5) is 28.7. The predicted octanol–water partition coefficient (Wildman–Crippen LogP) is 4.27. The van der Waals surface area contributed by atoms with E-state index in [1.807, 2.05) is 13.0 Å². The number of benzene rings is 2. The zero-order chi connectivity index (χ0) is 24.4. The number of aromatic carboxylic acids is 1. The van der Waals surface area contributed by atoms with Crippen molar-refractivity contribution in [2.45, 2.75) is 20.0 Å². The standard InChI is InChI=1S/C26H24N2O6/c1-4-34-26(32)21-24(33-3)27-23-15(2)9-14-20(28(21)23)22(29)17-12-10-16(11-13-17)18-7-5-6-8-19(18)25(30)31/h5-14,22,29H,4H2,1-3H3,(H,30,31). The van der Waals surface area contributed by atoms with Gasteiger partial charge in [-0.25, -0.2) is 9.59 Å². The molecule has 2 heterocycles. The Morgan fingerprint density at radius 3 is 2.41 bits per heavy atom. The van der Waals surface area contributed by atoms with E-state index >= 15 is 0 Å². The van der Waals surface area contributed by atoms with Crippen molar-refractivity contribution in [2.75, 3.05) is 13.7 Å². The van der Waals surface area contributed by atoms with E-state index in [-0.39, 0.29) is 23.7 Å². The number of carbonyl (C=O) groups is 2. The first-order chi connectivity index (χ1) is 16.4. The van der Waals surface area contributed by atoms with Crippen LogP contribution in [0, 0.1) is 6.92 Å². The molecule has 4 aromatic rings. The second kappa shape index (κ2) is 9.36. The van der Waals surface area contributed by atoms with E-state index in [0.29, 0.717) is 28.0 Å².